The van der Waals surface area contributed by atoms with Gasteiger partial charge in [0.1, 0.15) is 11.6 Å². The first-order valence-corrected chi connectivity index (χ1v) is 10.9. The van der Waals surface area contributed by atoms with Crippen LogP contribution in [0, 0.1) is 0 Å². The van der Waals surface area contributed by atoms with Crippen LogP contribution in [0.15, 0.2) is 41.8 Å². The maximum absolute atomic E-state index is 8.87. The van der Waals surface area contributed by atoms with Gasteiger partial charge in [0.05, 0.1) is 17.0 Å². The highest BCUT2D eigenvalue weighted by molar-refractivity contribution is 7.17. The van der Waals surface area contributed by atoms with Crippen LogP contribution in [-0.2, 0) is 0 Å². The van der Waals surface area contributed by atoms with Crippen LogP contribution in [0.5, 0.6) is 5.75 Å². The van der Waals surface area contributed by atoms with Crippen molar-refractivity contribution < 1.29 is 9.84 Å². The minimum absolute atomic E-state index is 0. The first-order chi connectivity index (χ1) is 13.8. The smallest absolute Gasteiger partial charge is 0.147 e. The predicted octanol–water partition coefficient (Wildman–Crippen LogP) is 4.50. The van der Waals surface area contributed by atoms with E-state index in [1.54, 1.807) is 11.3 Å². The van der Waals surface area contributed by atoms with Crippen LogP contribution in [0.3, 0.4) is 0 Å². The molecule has 2 aromatic heterocycles. The van der Waals surface area contributed by atoms with Gasteiger partial charge in [0.15, 0.2) is 0 Å². The first-order valence-electron chi connectivity index (χ1n) is 9.98. The van der Waals surface area contributed by atoms with Gasteiger partial charge < -0.3 is 19.6 Å². The molecule has 29 heavy (non-hydrogen) atoms. The molecule has 0 amide bonds. The standard InChI is InChI=1S/C22H27N3O2S.CH4/c1-2-24-9-11-25(12-10-24)22-21-18(8-15-28-21)16-20(23-22)17-4-6-19(7-5-17)27-14-3-13-26;/h4-8,15-16,26H,2-3,9-14H2,1H3;1H4. The van der Waals surface area contributed by atoms with Gasteiger partial charge in [-0.2, -0.15) is 0 Å². The summed E-state index contributed by atoms with van der Waals surface area (Å²) in [6, 6.07) is 12.4. The van der Waals surface area contributed by atoms with Gasteiger partial charge >= 0.3 is 0 Å². The number of anilines is 1. The summed E-state index contributed by atoms with van der Waals surface area (Å²) in [4.78, 5) is 9.99. The molecule has 0 bridgehead atoms. The molecule has 6 heteroatoms. The van der Waals surface area contributed by atoms with Crippen molar-refractivity contribution in [1.29, 1.82) is 0 Å². The lowest BCUT2D eigenvalue weighted by atomic mass is 10.1. The molecule has 1 aromatic carbocycles. The van der Waals surface area contributed by atoms with Gasteiger partial charge in [-0.05, 0) is 53.7 Å². The Labute approximate surface area is 177 Å². The van der Waals surface area contributed by atoms with E-state index >= 15 is 0 Å². The molecule has 5 nitrogen and oxygen atoms in total. The SMILES string of the molecule is C.CCN1CCN(c2nc(-c3ccc(OCCCO)cc3)cc3ccsc23)CC1. The Balaban J connectivity index is 0.00000240. The molecule has 1 saturated heterocycles. The number of rotatable bonds is 7. The van der Waals surface area contributed by atoms with Crippen LogP contribution in [0.2, 0.25) is 0 Å². The number of benzene rings is 1. The summed E-state index contributed by atoms with van der Waals surface area (Å²) in [6.45, 7) is 8.25. The summed E-state index contributed by atoms with van der Waals surface area (Å²) in [5.41, 5.74) is 2.09. The van der Waals surface area contributed by atoms with Crippen molar-refractivity contribution in [3.05, 3.63) is 41.8 Å². The molecular weight excluding hydrogens is 382 g/mol. The predicted molar refractivity (Wildman–Crippen MR) is 123 cm³/mol. The minimum Gasteiger partial charge on any atom is -0.494 e. The van der Waals surface area contributed by atoms with Gasteiger partial charge in [0, 0.05) is 44.8 Å². The van der Waals surface area contributed by atoms with E-state index in [9.17, 15) is 0 Å². The highest BCUT2D eigenvalue weighted by Crippen LogP contribution is 2.34. The van der Waals surface area contributed by atoms with Crippen molar-refractivity contribution in [3.8, 4) is 17.0 Å². The van der Waals surface area contributed by atoms with Gasteiger partial charge in [-0.25, -0.2) is 4.98 Å². The summed E-state index contributed by atoms with van der Waals surface area (Å²) >= 11 is 1.77. The molecule has 3 heterocycles. The number of aromatic nitrogens is 1. The second-order valence-corrected chi connectivity index (χ2v) is 7.96. The number of ether oxygens (including phenoxy) is 1. The van der Waals surface area contributed by atoms with Gasteiger partial charge in [-0.1, -0.05) is 14.4 Å². The third-order valence-electron chi connectivity index (χ3n) is 5.26. The summed E-state index contributed by atoms with van der Waals surface area (Å²) in [5.74, 6) is 1.94. The maximum atomic E-state index is 8.87. The number of pyridine rings is 1. The Morgan fingerprint density at radius 2 is 1.86 bits per heavy atom. The van der Waals surface area contributed by atoms with Crippen molar-refractivity contribution in [2.45, 2.75) is 20.8 Å². The zero-order valence-electron chi connectivity index (χ0n) is 16.3. The third kappa shape index (κ3) is 4.89. The first kappa shape index (κ1) is 21.6. The highest BCUT2D eigenvalue weighted by Gasteiger charge is 2.20. The van der Waals surface area contributed by atoms with E-state index in [2.05, 4.69) is 46.4 Å². The molecule has 1 N–H and O–H groups in total. The largest absolute Gasteiger partial charge is 0.494 e. The number of fused-ring (bicyclic) bond motifs is 1. The molecule has 0 aliphatic carbocycles. The fourth-order valence-electron chi connectivity index (χ4n) is 3.57. The maximum Gasteiger partial charge on any atom is 0.147 e. The van der Waals surface area contributed by atoms with Crippen molar-refractivity contribution >= 4 is 27.2 Å². The quantitative estimate of drug-likeness (QED) is 0.578. The fourth-order valence-corrected chi connectivity index (χ4v) is 4.47. The molecule has 156 valence electrons. The number of aliphatic hydroxyl groups excluding tert-OH is 1. The fraction of sp³-hybridized carbons (Fsp3) is 0.435. The Kier molecular flexibility index (Phi) is 7.47. The number of thiophene rings is 1. The average molecular weight is 414 g/mol. The van der Waals surface area contributed by atoms with E-state index in [1.165, 1.54) is 10.1 Å². The highest BCUT2D eigenvalue weighted by atomic mass is 32.1. The number of aliphatic hydroxyl groups is 1. The molecule has 0 unspecified atom stereocenters. The lowest BCUT2D eigenvalue weighted by molar-refractivity contribution is 0.233. The van der Waals surface area contributed by atoms with Crippen LogP contribution in [-0.4, -0.2) is 60.9 Å². The van der Waals surface area contributed by atoms with E-state index in [-0.39, 0.29) is 14.0 Å². The van der Waals surface area contributed by atoms with E-state index in [1.807, 2.05) is 12.1 Å². The summed E-state index contributed by atoms with van der Waals surface area (Å²) in [6.07, 6.45) is 0.646. The van der Waals surface area contributed by atoms with Gasteiger partial charge in [0.2, 0.25) is 0 Å². The third-order valence-corrected chi connectivity index (χ3v) is 6.18. The number of hydrogen-bond acceptors (Lipinski definition) is 6. The molecule has 1 aliphatic heterocycles. The topological polar surface area (TPSA) is 48.8 Å². The lowest BCUT2D eigenvalue weighted by Gasteiger charge is -2.35. The summed E-state index contributed by atoms with van der Waals surface area (Å²) < 4.78 is 6.92. The van der Waals surface area contributed by atoms with Gasteiger partial charge in [-0.3, -0.25) is 0 Å². The Morgan fingerprint density at radius 3 is 2.55 bits per heavy atom. The number of likely N-dealkylation sites (N-methyl/N-ethyl adjacent to an activating group) is 1. The van der Waals surface area contributed by atoms with Crippen LogP contribution in [0.1, 0.15) is 20.8 Å². The summed E-state index contributed by atoms with van der Waals surface area (Å²) in [5, 5.41) is 12.3. The second kappa shape index (κ2) is 10.1. The summed E-state index contributed by atoms with van der Waals surface area (Å²) in [7, 11) is 0. The molecule has 0 spiro atoms. The van der Waals surface area contributed by atoms with Crippen LogP contribution < -0.4 is 9.64 Å². The number of piperazine rings is 1. The Hall–Kier alpha value is -2.15. The zero-order chi connectivity index (χ0) is 19.3. The van der Waals surface area contributed by atoms with Crippen LogP contribution in [0.25, 0.3) is 21.3 Å². The normalized spacial score (nSPS) is 14.8. The molecule has 0 atom stereocenters. The van der Waals surface area contributed by atoms with Crippen molar-refractivity contribution in [2.24, 2.45) is 0 Å². The zero-order valence-corrected chi connectivity index (χ0v) is 17.1. The molecular formula is C23H31N3O2S. The van der Waals surface area contributed by atoms with Crippen molar-refractivity contribution in [3.63, 3.8) is 0 Å². The molecule has 3 aromatic rings. The Morgan fingerprint density at radius 1 is 1.10 bits per heavy atom. The van der Waals surface area contributed by atoms with Crippen molar-refractivity contribution in [2.75, 3.05) is 50.8 Å². The average Bonchev–Trinajstić information content (AvgIpc) is 3.23. The second-order valence-electron chi connectivity index (χ2n) is 7.04. The van der Waals surface area contributed by atoms with Crippen LogP contribution >= 0.6 is 11.3 Å². The van der Waals surface area contributed by atoms with E-state index in [4.69, 9.17) is 14.8 Å². The van der Waals surface area contributed by atoms with E-state index in [0.717, 1.165) is 55.5 Å². The molecule has 0 saturated carbocycles. The lowest BCUT2D eigenvalue weighted by Crippen LogP contribution is -2.46. The molecule has 0 radical (unpaired) electrons. The molecule has 4 rings (SSSR count). The van der Waals surface area contributed by atoms with Gasteiger partial charge in [-0.15, -0.1) is 11.3 Å². The number of hydrogen-bond donors (Lipinski definition) is 1. The number of nitrogens with zero attached hydrogens (tertiary/aromatic N) is 3. The monoisotopic (exact) mass is 413 g/mol. The van der Waals surface area contributed by atoms with Gasteiger partial charge in [0.25, 0.3) is 0 Å². The van der Waals surface area contributed by atoms with Crippen molar-refractivity contribution in [1.82, 2.24) is 9.88 Å². The van der Waals surface area contributed by atoms with Crippen LogP contribution in [0.4, 0.5) is 5.82 Å². The Bertz CT molecular complexity index is 902. The van der Waals surface area contributed by atoms with E-state index < -0.39 is 0 Å². The minimum atomic E-state index is 0. The molecule has 1 aliphatic rings. The van der Waals surface area contributed by atoms with E-state index in [0.29, 0.717) is 13.0 Å². The molecule has 1 fully saturated rings.